The highest BCUT2D eigenvalue weighted by Gasteiger charge is 2.18. The van der Waals surface area contributed by atoms with Crippen molar-refractivity contribution in [3.05, 3.63) is 41.7 Å². The zero-order valence-electron chi connectivity index (χ0n) is 11.6. The third-order valence-corrected chi connectivity index (χ3v) is 2.41. The number of urea groups is 1. The molecule has 1 unspecified atom stereocenters. The number of imide groups is 1. The van der Waals surface area contributed by atoms with Gasteiger partial charge in [-0.2, -0.15) is 0 Å². The molecule has 1 aromatic rings. The van der Waals surface area contributed by atoms with Crippen molar-refractivity contribution in [3.8, 4) is 0 Å². The summed E-state index contributed by atoms with van der Waals surface area (Å²) in [6.07, 6.45) is 1.41. The van der Waals surface area contributed by atoms with Gasteiger partial charge in [-0.05, 0) is 30.7 Å². The van der Waals surface area contributed by atoms with E-state index in [9.17, 15) is 18.8 Å². The molecular formula is C14H15FN2O4. The first-order chi connectivity index (χ1) is 9.92. The molecule has 0 aliphatic carbocycles. The lowest BCUT2D eigenvalue weighted by molar-refractivity contribution is -0.149. The lowest BCUT2D eigenvalue weighted by Gasteiger charge is -2.11. The molecule has 0 saturated carbocycles. The summed E-state index contributed by atoms with van der Waals surface area (Å²) in [6, 6.07) is 4.79. The van der Waals surface area contributed by atoms with Crippen molar-refractivity contribution in [2.45, 2.75) is 13.0 Å². The third-order valence-electron chi connectivity index (χ3n) is 2.41. The fourth-order valence-corrected chi connectivity index (χ4v) is 1.28. The fourth-order valence-electron chi connectivity index (χ4n) is 1.28. The van der Waals surface area contributed by atoms with Crippen molar-refractivity contribution in [3.63, 3.8) is 0 Å². The summed E-state index contributed by atoms with van der Waals surface area (Å²) in [5, 5.41) is 4.18. The second kappa shape index (κ2) is 7.78. The van der Waals surface area contributed by atoms with E-state index in [-0.39, 0.29) is 5.82 Å². The summed E-state index contributed by atoms with van der Waals surface area (Å²) in [6.45, 7) is 1.34. The van der Waals surface area contributed by atoms with Crippen molar-refractivity contribution in [1.29, 1.82) is 0 Å². The zero-order chi connectivity index (χ0) is 15.8. The molecule has 2 N–H and O–H groups in total. The van der Waals surface area contributed by atoms with Crippen LogP contribution in [0, 0.1) is 5.82 Å². The van der Waals surface area contributed by atoms with Crippen LogP contribution in [0.5, 0.6) is 0 Å². The zero-order valence-corrected chi connectivity index (χ0v) is 11.6. The first kappa shape index (κ1) is 16.4. The molecule has 0 saturated heterocycles. The number of benzene rings is 1. The molecule has 112 valence electrons. The summed E-state index contributed by atoms with van der Waals surface area (Å²) in [4.78, 5) is 33.9. The number of halogens is 1. The van der Waals surface area contributed by atoms with Gasteiger partial charge in [0.1, 0.15) is 5.82 Å². The van der Waals surface area contributed by atoms with Crippen molar-refractivity contribution >= 4 is 24.0 Å². The number of amides is 3. The Bertz CT molecular complexity index is 555. The second-order valence-electron chi connectivity index (χ2n) is 4.03. The van der Waals surface area contributed by atoms with Gasteiger partial charge in [-0.15, -0.1) is 0 Å². The smallest absolute Gasteiger partial charge is 0.331 e. The van der Waals surface area contributed by atoms with Crippen LogP contribution in [0.15, 0.2) is 30.3 Å². The Morgan fingerprint density at radius 2 is 1.86 bits per heavy atom. The van der Waals surface area contributed by atoms with Crippen LogP contribution in [0.25, 0.3) is 6.08 Å². The van der Waals surface area contributed by atoms with Gasteiger partial charge in [0, 0.05) is 13.1 Å². The van der Waals surface area contributed by atoms with Gasteiger partial charge in [-0.1, -0.05) is 12.1 Å². The van der Waals surface area contributed by atoms with E-state index in [1.807, 2.05) is 5.32 Å². The van der Waals surface area contributed by atoms with Crippen molar-refractivity contribution in [2.75, 3.05) is 7.05 Å². The van der Waals surface area contributed by atoms with Crippen LogP contribution in [0.2, 0.25) is 0 Å². The third kappa shape index (κ3) is 5.85. The maximum Gasteiger partial charge on any atom is 0.331 e. The minimum atomic E-state index is -1.12. The average Bonchev–Trinajstić information content (AvgIpc) is 2.46. The number of carbonyl (C=O) groups excluding carboxylic acids is 3. The summed E-state index contributed by atoms with van der Waals surface area (Å²) in [5.41, 5.74) is 0.607. The first-order valence-corrected chi connectivity index (χ1v) is 6.09. The quantitative estimate of drug-likeness (QED) is 0.646. The maximum absolute atomic E-state index is 12.7. The Hall–Kier alpha value is -2.70. The highest BCUT2D eigenvalue weighted by atomic mass is 19.1. The predicted octanol–water partition coefficient (Wildman–Crippen LogP) is 1.23. The van der Waals surface area contributed by atoms with Gasteiger partial charge in [0.15, 0.2) is 6.10 Å². The van der Waals surface area contributed by atoms with E-state index in [1.54, 1.807) is 0 Å². The van der Waals surface area contributed by atoms with Gasteiger partial charge < -0.3 is 10.1 Å². The molecule has 7 heteroatoms. The number of ether oxygens (including phenoxy) is 1. The van der Waals surface area contributed by atoms with E-state index in [1.165, 1.54) is 44.3 Å². The molecule has 0 fully saturated rings. The van der Waals surface area contributed by atoms with E-state index in [2.05, 4.69) is 5.32 Å². The topological polar surface area (TPSA) is 84.5 Å². The van der Waals surface area contributed by atoms with E-state index in [0.29, 0.717) is 5.56 Å². The molecule has 3 amide bonds. The lowest BCUT2D eigenvalue weighted by atomic mass is 10.2. The molecule has 0 bridgehead atoms. The van der Waals surface area contributed by atoms with Gasteiger partial charge in [-0.25, -0.2) is 14.0 Å². The van der Waals surface area contributed by atoms with Crippen LogP contribution in [0.1, 0.15) is 12.5 Å². The Balaban J connectivity index is 2.51. The average molecular weight is 294 g/mol. The van der Waals surface area contributed by atoms with E-state index in [4.69, 9.17) is 4.74 Å². The Labute approximate surface area is 121 Å². The molecule has 6 nitrogen and oxygen atoms in total. The maximum atomic E-state index is 12.7. The Morgan fingerprint density at radius 1 is 1.24 bits per heavy atom. The monoisotopic (exact) mass is 294 g/mol. The molecule has 0 radical (unpaired) electrons. The molecule has 1 aromatic carbocycles. The van der Waals surface area contributed by atoms with E-state index >= 15 is 0 Å². The molecule has 0 heterocycles. The Morgan fingerprint density at radius 3 is 2.43 bits per heavy atom. The molecule has 0 aromatic heterocycles. The van der Waals surface area contributed by atoms with Crippen LogP contribution >= 0.6 is 0 Å². The van der Waals surface area contributed by atoms with Crippen LogP contribution < -0.4 is 10.6 Å². The van der Waals surface area contributed by atoms with Crippen molar-refractivity contribution < 1.29 is 23.5 Å². The van der Waals surface area contributed by atoms with Gasteiger partial charge in [0.25, 0.3) is 5.91 Å². The number of carbonyl (C=O) groups is 3. The van der Waals surface area contributed by atoms with Crippen LogP contribution in [0.4, 0.5) is 9.18 Å². The summed E-state index contributed by atoms with van der Waals surface area (Å²) in [5.74, 6) is -1.87. The minimum Gasteiger partial charge on any atom is -0.449 e. The molecule has 0 spiro atoms. The molecule has 1 atom stereocenters. The van der Waals surface area contributed by atoms with Gasteiger partial charge in [0.2, 0.25) is 0 Å². The van der Waals surface area contributed by atoms with Crippen molar-refractivity contribution in [1.82, 2.24) is 10.6 Å². The summed E-state index contributed by atoms with van der Waals surface area (Å²) in [7, 11) is 1.35. The summed E-state index contributed by atoms with van der Waals surface area (Å²) >= 11 is 0. The molecule has 0 aliphatic heterocycles. The van der Waals surface area contributed by atoms with Gasteiger partial charge in [-0.3, -0.25) is 10.1 Å². The predicted molar refractivity (Wildman–Crippen MR) is 73.6 cm³/mol. The van der Waals surface area contributed by atoms with Crippen LogP contribution in [0.3, 0.4) is 0 Å². The second-order valence-corrected chi connectivity index (χ2v) is 4.03. The van der Waals surface area contributed by atoms with Gasteiger partial charge in [0.05, 0.1) is 0 Å². The minimum absolute atomic E-state index is 0.380. The molecular weight excluding hydrogens is 279 g/mol. The molecule has 0 aliphatic rings. The normalized spacial score (nSPS) is 11.8. The van der Waals surface area contributed by atoms with E-state index < -0.39 is 24.0 Å². The first-order valence-electron chi connectivity index (χ1n) is 6.09. The molecule has 1 rings (SSSR count). The van der Waals surface area contributed by atoms with E-state index in [0.717, 1.165) is 6.08 Å². The Kier molecular flexibility index (Phi) is 6.06. The summed E-state index contributed by atoms with van der Waals surface area (Å²) < 4.78 is 17.5. The number of rotatable bonds is 4. The highest BCUT2D eigenvalue weighted by Crippen LogP contribution is 2.05. The number of hydrogen-bond acceptors (Lipinski definition) is 4. The number of hydrogen-bond donors (Lipinski definition) is 2. The van der Waals surface area contributed by atoms with Crippen LogP contribution in [-0.2, 0) is 14.3 Å². The lowest BCUT2D eigenvalue weighted by Crippen LogP contribution is -2.43. The van der Waals surface area contributed by atoms with Crippen molar-refractivity contribution in [2.24, 2.45) is 0 Å². The largest absolute Gasteiger partial charge is 0.449 e. The number of nitrogens with one attached hydrogen (secondary N) is 2. The SMILES string of the molecule is CNC(=O)NC(=O)C(C)OC(=O)/C=C/c1ccc(F)cc1. The van der Waals surface area contributed by atoms with Gasteiger partial charge >= 0.3 is 12.0 Å². The molecule has 21 heavy (non-hydrogen) atoms. The van der Waals surface area contributed by atoms with Crippen LogP contribution in [-0.4, -0.2) is 31.1 Å². The standard InChI is InChI=1S/C14H15FN2O4/c1-9(13(19)17-14(20)16-2)21-12(18)8-5-10-3-6-11(15)7-4-10/h3-9H,1-2H3,(H2,16,17,19,20)/b8-5+. The number of esters is 1. The fraction of sp³-hybridized carbons (Fsp3) is 0.214. The highest BCUT2D eigenvalue weighted by molar-refractivity contribution is 5.97.